The molecular weight excluding hydrogens is 272 g/mol. The second-order valence-corrected chi connectivity index (χ2v) is 4.65. The standard InChI is InChI=1S/C12H13BrO3/c1-15-12(14)10-7-9(13)6-8-4-2-3-5-16-11(8)10/h6-7H,2-5H2,1H3. The predicted molar refractivity (Wildman–Crippen MR) is 63.9 cm³/mol. The van der Waals surface area contributed by atoms with E-state index in [0.29, 0.717) is 17.9 Å². The van der Waals surface area contributed by atoms with Gasteiger partial charge in [0.25, 0.3) is 0 Å². The molecule has 0 radical (unpaired) electrons. The molecule has 0 amide bonds. The van der Waals surface area contributed by atoms with Gasteiger partial charge >= 0.3 is 5.97 Å². The van der Waals surface area contributed by atoms with E-state index in [1.165, 1.54) is 7.11 Å². The third-order valence-electron chi connectivity index (χ3n) is 2.62. The summed E-state index contributed by atoms with van der Waals surface area (Å²) < 4.78 is 11.3. The Morgan fingerprint density at radius 3 is 3.00 bits per heavy atom. The third-order valence-corrected chi connectivity index (χ3v) is 3.08. The molecule has 0 bridgehead atoms. The van der Waals surface area contributed by atoms with E-state index >= 15 is 0 Å². The number of hydrogen-bond donors (Lipinski definition) is 0. The Bertz CT molecular complexity index is 415. The normalized spacial score (nSPS) is 14.6. The van der Waals surface area contributed by atoms with Gasteiger partial charge in [-0.2, -0.15) is 0 Å². The molecule has 0 unspecified atom stereocenters. The van der Waals surface area contributed by atoms with Gasteiger partial charge in [-0.1, -0.05) is 15.9 Å². The van der Waals surface area contributed by atoms with Gasteiger partial charge in [0.05, 0.1) is 13.7 Å². The van der Waals surface area contributed by atoms with Crippen LogP contribution in [-0.2, 0) is 11.2 Å². The van der Waals surface area contributed by atoms with E-state index in [4.69, 9.17) is 9.47 Å². The van der Waals surface area contributed by atoms with Crippen molar-refractivity contribution in [1.82, 2.24) is 0 Å². The van der Waals surface area contributed by atoms with Crippen LogP contribution in [0.1, 0.15) is 28.8 Å². The van der Waals surface area contributed by atoms with Crippen molar-refractivity contribution in [2.75, 3.05) is 13.7 Å². The van der Waals surface area contributed by atoms with Gasteiger partial charge in [0.2, 0.25) is 0 Å². The van der Waals surface area contributed by atoms with E-state index < -0.39 is 0 Å². The highest BCUT2D eigenvalue weighted by Crippen LogP contribution is 2.32. The number of esters is 1. The lowest BCUT2D eigenvalue weighted by Crippen LogP contribution is -2.07. The van der Waals surface area contributed by atoms with Gasteiger partial charge < -0.3 is 9.47 Å². The van der Waals surface area contributed by atoms with Gasteiger partial charge in [-0.25, -0.2) is 4.79 Å². The summed E-state index contributed by atoms with van der Waals surface area (Å²) in [5, 5.41) is 0. The quantitative estimate of drug-likeness (QED) is 0.744. The summed E-state index contributed by atoms with van der Waals surface area (Å²) in [4.78, 5) is 11.6. The topological polar surface area (TPSA) is 35.5 Å². The lowest BCUT2D eigenvalue weighted by Gasteiger charge is -2.12. The molecule has 0 atom stereocenters. The SMILES string of the molecule is COC(=O)c1cc(Br)cc2c1OCCCC2. The molecule has 86 valence electrons. The van der Waals surface area contributed by atoms with Crippen LogP contribution in [0.4, 0.5) is 0 Å². The van der Waals surface area contributed by atoms with Crippen LogP contribution in [0.5, 0.6) is 5.75 Å². The van der Waals surface area contributed by atoms with Crippen LogP contribution in [0.2, 0.25) is 0 Å². The average molecular weight is 285 g/mol. The number of fused-ring (bicyclic) bond motifs is 1. The van der Waals surface area contributed by atoms with Crippen molar-refractivity contribution < 1.29 is 14.3 Å². The number of rotatable bonds is 1. The van der Waals surface area contributed by atoms with Gasteiger partial charge in [-0.05, 0) is 37.0 Å². The number of carbonyl (C=O) groups excluding carboxylic acids is 1. The fourth-order valence-electron chi connectivity index (χ4n) is 1.86. The molecule has 0 saturated carbocycles. The molecular formula is C12H13BrO3. The smallest absolute Gasteiger partial charge is 0.341 e. The Morgan fingerprint density at radius 1 is 1.44 bits per heavy atom. The zero-order valence-corrected chi connectivity index (χ0v) is 10.7. The molecule has 1 aliphatic heterocycles. The maximum atomic E-state index is 11.6. The molecule has 1 aromatic rings. The molecule has 0 aromatic heterocycles. The first-order chi connectivity index (χ1) is 7.72. The zero-order chi connectivity index (χ0) is 11.5. The summed E-state index contributed by atoms with van der Waals surface area (Å²) in [5.74, 6) is 0.340. The van der Waals surface area contributed by atoms with Crippen LogP contribution >= 0.6 is 15.9 Å². The van der Waals surface area contributed by atoms with Crippen molar-refractivity contribution in [2.45, 2.75) is 19.3 Å². The molecule has 0 N–H and O–H groups in total. The van der Waals surface area contributed by atoms with Crippen molar-refractivity contribution in [3.05, 3.63) is 27.7 Å². The Labute approximate surface area is 103 Å². The maximum absolute atomic E-state index is 11.6. The van der Waals surface area contributed by atoms with Gasteiger partial charge in [0.15, 0.2) is 0 Å². The number of ether oxygens (including phenoxy) is 2. The number of hydrogen-bond acceptors (Lipinski definition) is 3. The first kappa shape index (κ1) is 11.5. The first-order valence-corrected chi connectivity index (χ1v) is 6.05. The second kappa shape index (κ2) is 4.87. The Hall–Kier alpha value is -1.03. The summed E-state index contributed by atoms with van der Waals surface area (Å²) in [6.45, 7) is 0.665. The molecule has 0 spiro atoms. The fraction of sp³-hybridized carbons (Fsp3) is 0.417. The molecule has 4 heteroatoms. The second-order valence-electron chi connectivity index (χ2n) is 3.74. The van der Waals surface area contributed by atoms with Gasteiger partial charge in [0, 0.05) is 4.47 Å². The molecule has 3 nitrogen and oxygen atoms in total. The van der Waals surface area contributed by atoms with Gasteiger partial charge in [-0.3, -0.25) is 0 Å². The van der Waals surface area contributed by atoms with Crippen molar-refractivity contribution in [2.24, 2.45) is 0 Å². The minimum absolute atomic E-state index is 0.348. The van der Waals surface area contributed by atoms with Crippen molar-refractivity contribution in [3.8, 4) is 5.75 Å². The maximum Gasteiger partial charge on any atom is 0.341 e. The van der Waals surface area contributed by atoms with E-state index in [-0.39, 0.29) is 5.97 Å². The lowest BCUT2D eigenvalue weighted by molar-refractivity contribution is 0.0596. The number of methoxy groups -OCH3 is 1. The van der Waals surface area contributed by atoms with Crippen LogP contribution in [0, 0.1) is 0 Å². The molecule has 1 heterocycles. The largest absolute Gasteiger partial charge is 0.492 e. The molecule has 1 aromatic carbocycles. The van der Waals surface area contributed by atoms with E-state index in [9.17, 15) is 4.79 Å². The van der Waals surface area contributed by atoms with Crippen molar-refractivity contribution >= 4 is 21.9 Å². The predicted octanol–water partition coefficient (Wildman–Crippen LogP) is 2.95. The Balaban J connectivity index is 2.50. The number of aryl methyl sites for hydroxylation is 1. The number of halogens is 1. The molecule has 1 aliphatic rings. The summed E-state index contributed by atoms with van der Waals surface area (Å²) in [6.07, 6.45) is 3.05. The van der Waals surface area contributed by atoms with Crippen LogP contribution < -0.4 is 4.74 Å². The highest BCUT2D eigenvalue weighted by atomic mass is 79.9. The highest BCUT2D eigenvalue weighted by molar-refractivity contribution is 9.10. The van der Waals surface area contributed by atoms with Crippen LogP contribution in [0.25, 0.3) is 0 Å². The lowest BCUT2D eigenvalue weighted by atomic mass is 10.0. The minimum atomic E-state index is -0.348. The van der Waals surface area contributed by atoms with Crippen LogP contribution in [0.15, 0.2) is 16.6 Å². The molecule has 16 heavy (non-hydrogen) atoms. The van der Waals surface area contributed by atoms with Crippen LogP contribution in [-0.4, -0.2) is 19.7 Å². The van der Waals surface area contributed by atoms with E-state index in [1.54, 1.807) is 6.07 Å². The van der Waals surface area contributed by atoms with E-state index in [0.717, 1.165) is 29.3 Å². The minimum Gasteiger partial charge on any atom is -0.492 e. The summed E-state index contributed by atoms with van der Waals surface area (Å²) in [6, 6.07) is 3.75. The molecule has 0 saturated heterocycles. The van der Waals surface area contributed by atoms with Crippen molar-refractivity contribution in [3.63, 3.8) is 0 Å². The fourth-order valence-corrected chi connectivity index (χ4v) is 2.36. The Kier molecular flexibility index (Phi) is 3.49. The summed E-state index contributed by atoms with van der Waals surface area (Å²) in [7, 11) is 1.38. The molecule has 0 aliphatic carbocycles. The monoisotopic (exact) mass is 284 g/mol. The van der Waals surface area contributed by atoms with Gasteiger partial charge in [-0.15, -0.1) is 0 Å². The third kappa shape index (κ3) is 2.21. The van der Waals surface area contributed by atoms with Crippen molar-refractivity contribution in [1.29, 1.82) is 0 Å². The summed E-state index contributed by atoms with van der Waals surface area (Å²) >= 11 is 3.40. The molecule has 0 fully saturated rings. The number of carbonyl (C=O) groups is 1. The van der Waals surface area contributed by atoms with Crippen LogP contribution in [0.3, 0.4) is 0 Å². The molecule has 2 rings (SSSR count). The van der Waals surface area contributed by atoms with E-state index in [2.05, 4.69) is 15.9 Å². The Morgan fingerprint density at radius 2 is 2.25 bits per heavy atom. The van der Waals surface area contributed by atoms with Gasteiger partial charge in [0.1, 0.15) is 11.3 Å². The van der Waals surface area contributed by atoms with E-state index in [1.807, 2.05) is 6.07 Å². The zero-order valence-electron chi connectivity index (χ0n) is 9.09. The average Bonchev–Trinajstić information content (AvgIpc) is 2.51. The summed E-state index contributed by atoms with van der Waals surface area (Å²) in [5.41, 5.74) is 1.58. The number of benzene rings is 1. The highest BCUT2D eigenvalue weighted by Gasteiger charge is 2.19. The first-order valence-electron chi connectivity index (χ1n) is 5.26.